The van der Waals surface area contributed by atoms with Crippen molar-refractivity contribution in [3.8, 4) is 0 Å². The summed E-state index contributed by atoms with van der Waals surface area (Å²) in [7, 11) is 0.888. The fraction of sp³-hybridized carbons (Fsp3) is 0.381. The lowest BCUT2D eigenvalue weighted by Crippen LogP contribution is -2.43. The summed E-state index contributed by atoms with van der Waals surface area (Å²) in [6, 6.07) is 20.8. The maximum atomic E-state index is 12.2. The van der Waals surface area contributed by atoms with Crippen molar-refractivity contribution in [3.05, 3.63) is 71.8 Å². The van der Waals surface area contributed by atoms with Gasteiger partial charge in [0.1, 0.15) is 0 Å². The topological polar surface area (TPSA) is 53.5 Å². The van der Waals surface area contributed by atoms with Crippen LogP contribution in [0.5, 0.6) is 0 Å². The van der Waals surface area contributed by atoms with Crippen molar-refractivity contribution in [2.45, 2.75) is 31.6 Å². The lowest BCUT2D eigenvalue weighted by molar-refractivity contribution is 0.595. The Balaban J connectivity index is 0.00000364. The van der Waals surface area contributed by atoms with E-state index in [1.54, 1.807) is 7.05 Å². The van der Waals surface area contributed by atoms with Gasteiger partial charge in [-0.15, -0.1) is 24.0 Å². The van der Waals surface area contributed by atoms with Crippen LogP contribution in [0, 0.1) is 0 Å². The van der Waals surface area contributed by atoms with Crippen LogP contribution in [0.2, 0.25) is 0 Å². The Morgan fingerprint density at radius 2 is 1.63 bits per heavy atom. The molecule has 6 heteroatoms. The number of nitrogens with zero attached hydrogens (tertiary/aromatic N) is 1. The van der Waals surface area contributed by atoms with Crippen molar-refractivity contribution in [3.63, 3.8) is 0 Å². The first-order valence-corrected chi connectivity index (χ1v) is 10.6. The Kier molecular flexibility index (Phi) is 12.0. The predicted octanol–water partition coefficient (Wildman–Crippen LogP) is 3.74. The summed E-state index contributed by atoms with van der Waals surface area (Å²) < 4.78 is 12.2. The molecule has 148 valence electrons. The molecule has 0 aromatic heterocycles. The fourth-order valence-electron chi connectivity index (χ4n) is 2.64. The Bertz CT molecular complexity index is 695. The van der Waals surface area contributed by atoms with Crippen molar-refractivity contribution in [1.82, 2.24) is 10.6 Å². The van der Waals surface area contributed by atoms with E-state index < -0.39 is 10.8 Å². The zero-order chi connectivity index (χ0) is 18.6. The van der Waals surface area contributed by atoms with Gasteiger partial charge < -0.3 is 10.6 Å². The van der Waals surface area contributed by atoms with Gasteiger partial charge in [0.15, 0.2) is 5.96 Å². The lowest BCUT2D eigenvalue weighted by atomic mass is 10.1. The van der Waals surface area contributed by atoms with Crippen LogP contribution in [-0.2, 0) is 23.0 Å². The Morgan fingerprint density at radius 1 is 1.04 bits per heavy atom. The molecule has 2 aromatic carbocycles. The standard InChI is InChI=1S/C21H29N3OS.HI/c1-18(13-14-19-9-5-3-6-10-19)24-21(22-2)23-15-16-26(25)17-20-11-7-4-8-12-20;/h3-12,18H,13-17H2,1-2H3,(H2,22,23,24);1H. The summed E-state index contributed by atoms with van der Waals surface area (Å²) in [6.07, 6.45) is 2.07. The van der Waals surface area contributed by atoms with Gasteiger partial charge in [-0.05, 0) is 30.9 Å². The summed E-state index contributed by atoms with van der Waals surface area (Å²) in [5.41, 5.74) is 2.46. The van der Waals surface area contributed by atoms with Crippen molar-refractivity contribution in [2.75, 3.05) is 19.3 Å². The largest absolute Gasteiger partial charge is 0.355 e. The van der Waals surface area contributed by atoms with Crippen LogP contribution in [0.25, 0.3) is 0 Å². The Hall–Kier alpha value is -1.41. The minimum Gasteiger partial charge on any atom is -0.355 e. The molecular weight excluding hydrogens is 469 g/mol. The third-order valence-electron chi connectivity index (χ3n) is 4.11. The Morgan fingerprint density at radius 3 is 2.22 bits per heavy atom. The number of benzene rings is 2. The highest BCUT2D eigenvalue weighted by Crippen LogP contribution is 2.05. The van der Waals surface area contributed by atoms with Crippen molar-refractivity contribution in [2.24, 2.45) is 4.99 Å². The maximum absolute atomic E-state index is 12.2. The summed E-state index contributed by atoms with van der Waals surface area (Å²) >= 11 is 0. The minimum absolute atomic E-state index is 0. The molecule has 2 aromatic rings. The van der Waals surface area contributed by atoms with E-state index in [-0.39, 0.29) is 24.0 Å². The third kappa shape index (κ3) is 9.91. The molecule has 0 bridgehead atoms. The number of aliphatic imine (C=N–C) groups is 1. The number of aryl methyl sites for hydroxylation is 1. The average molecular weight is 499 g/mol. The van der Waals surface area contributed by atoms with Crippen LogP contribution in [0.1, 0.15) is 24.5 Å². The molecule has 0 heterocycles. The molecule has 0 aliphatic rings. The van der Waals surface area contributed by atoms with E-state index in [0.717, 1.165) is 24.4 Å². The van der Waals surface area contributed by atoms with Crippen LogP contribution in [-0.4, -0.2) is 35.6 Å². The van der Waals surface area contributed by atoms with Crippen LogP contribution >= 0.6 is 24.0 Å². The third-order valence-corrected chi connectivity index (χ3v) is 5.42. The van der Waals surface area contributed by atoms with E-state index in [2.05, 4.69) is 46.8 Å². The molecule has 2 rings (SSSR count). The zero-order valence-electron chi connectivity index (χ0n) is 16.1. The van der Waals surface area contributed by atoms with Crippen LogP contribution < -0.4 is 10.6 Å². The molecule has 0 aliphatic heterocycles. The monoisotopic (exact) mass is 499 g/mol. The fourth-order valence-corrected chi connectivity index (χ4v) is 3.68. The van der Waals surface area contributed by atoms with Gasteiger partial charge in [0.25, 0.3) is 0 Å². The summed E-state index contributed by atoms with van der Waals surface area (Å²) in [5.74, 6) is 1.97. The lowest BCUT2D eigenvalue weighted by Gasteiger charge is -2.18. The number of hydrogen-bond acceptors (Lipinski definition) is 2. The number of halogens is 1. The van der Waals surface area contributed by atoms with Crippen LogP contribution in [0.15, 0.2) is 65.7 Å². The first-order valence-electron chi connectivity index (χ1n) is 9.07. The molecule has 0 saturated heterocycles. The van der Waals surface area contributed by atoms with E-state index in [9.17, 15) is 4.21 Å². The molecule has 4 nitrogen and oxygen atoms in total. The van der Waals surface area contributed by atoms with Gasteiger partial charge in [-0.3, -0.25) is 9.20 Å². The van der Waals surface area contributed by atoms with Crippen molar-refractivity contribution in [1.29, 1.82) is 0 Å². The van der Waals surface area contributed by atoms with Crippen molar-refractivity contribution < 1.29 is 4.21 Å². The molecular formula is C21H30IN3OS. The van der Waals surface area contributed by atoms with Gasteiger partial charge in [-0.2, -0.15) is 0 Å². The van der Waals surface area contributed by atoms with E-state index in [1.807, 2.05) is 36.4 Å². The normalized spacial score (nSPS) is 13.3. The summed E-state index contributed by atoms with van der Waals surface area (Å²) in [5, 5.41) is 6.66. The van der Waals surface area contributed by atoms with Gasteiger partial charge in [0, 0.05) is 41.9 Å². The molecule has 2 atom stereocenters. The molecule has 2 N–H and O–H groups in total. The molecule has 2 unspecified atom stereocenters. The molecule has 27 heavy (non-hydrogen) atoms. The second-order valence-corrected chi connectivity index (χ2v) is 7.92. The molecule has 0 saturated carbocycles. The average Bonchev–Trinajstić information content (AvgIpc) is 2.67. The highest BCUT2D eigenvalue weighted by atomic mass is 127. The van der Waals surface area contributed by atoms with Gasteiger partial charge in [0.2, 0.25) is 0 Å². The van der Waals surface area contributed by atoms with E-state index >= 15 is 0 Å². The number of nitrogens with one attached hydrogen (secondary N) is 2. The van der Waals surface area contributed by atoms with E-state index in [1.165, 1.54) is 5.56 Å². The van der Waals surface area contributed by atoms with Crippen molar-refractivity contribution >= 4 is 40.7 Å². The number of hydrogen-bond donors (Lipinski definition) is 2. The molecule has 0 amide bonds. The quantitative estimate of drug-likeness (QED) is 0.314. The number of guanidine groups is 1. The maximum Gasteiger partial charge on any atom is 0.191 e. The number of rotatable bonds is 9. The van der Waals surface area contributed by atoms with Gasteiger partial charge in [0.05, 0.1) is 0 Å². The SMILES string of the molecule is CN=C(NCCS(=O)Cc1ccccc1)NC(C)CCc1ccccc1.I. The minimum atomic E-state index is -0.876. The molecule has 0 aliphatic carbocycles. The van der Waals surface area contributed by atoms with Crippen LogP contribution in [0.4, 0.5) is 0 Å². The highest BCUT2D eigenvalue weighted by Gasteiger charge is 2.07. The predicted molar refractivity (Wildman–Crippen MR) is 127 cm³/mol. The first kappa shape index (κ1) is 23.6. The van der Waals surface area contributed by atoms with Gasteiger partial charge >= 0.3 is 0 Å². The second kappa shape index (κ2) is 13.7. The Labute approximate surface area is 182 Å². The van der Waals surface area contributed by atoms with Gasteiger partial charge in [-0.1, -0.05) is 60.7 Å². The zero-order valence-corrected chi connectivity index (χ0v) is 19.2. The van der Waals surface area contributed by atoms with E-state index in [0.29, 0.717) is 24.1 Å². The molecule has 0 radical (unpaired) electrons. The molecule has 0 spiro atoms. The van der Waals surface area contributed by atoms with E-state index in [4.69, 9.17) is 0 Å². The smallest absolute Gasteiger partial charge is 0.191 e. The van der Waals surface area contributed by atoms with Crippen LogP contribution in [0.3, 0.4) is 0 Å². The molecule has 0 fully saturated rings. The highest BCUT2D eigenvalue weighted by molar-refractivity contribution is 14.0. The van der Waals surface area contributed by atoms with Gasteiger partial charge in [-0.25, -0.2) is 0 Å². The summed E-state index contributed by atoms with van der Waals surface area (Å²) in [4.78, 5) is 4.26. The second-order valence-electron chi connectivity index (χ2n) is 6.34. The summed E-state index contributed by atoms with van der Waals surface area (Å²) in [6.45, 7) is 2.80. The first-order chi connectivity index (χ1) is 12.7.